The van der Waals surface area contributed by atoms with E-state index in [2.05, 4.69) is 22.8 Å². The maximum atomic E-state index is 11.8. The van der Waals surface area contributed by atoms with E-state index >= 15 is 0 Å². The zero-order valence-corrected chi connectivity index (χ0v) is 11.4. The average Bonchev–Trinajstić information content (AvgIpc) is 2.73. The molecule has 94 valence electrons. The second-order valence-electron chi connectivity index (χ2n) is 3.81. The van der Waals surface area contributed by atoms with Crippen LogP contribution < -0.4 is 10.6 Å². The van der Waals surface area contributed by atoms with Gasteiger partial charge in [0, 0.05) is 18.0 Å². The van der Waals surface area contributed by atoms with Gasteiger partial charge in [-0.15, -0.1) is 24.2 Å². The van der Waals surface area contributed by atoms with E-state index in [4.69, 9.17) is 0 Å². The van der Waals surface area contributed by atoms with Gasteiger partial charge < -0.3 is 10.6 Å². The SMILES string of the molecule is CNCCNC(=O)C1Cc2ccccc2S1.Cl. The molecule has 0 bridgehead atoms. The molecular weight excluding hydrogens is 256 g/mol. The molecular formula is C12H17ClN2OS. The van der Waals surface area contributed by atoms with Crippen LogP contribution in [-0.2, 0) is 11.2 Å². The molecule has 1 unspecified atom stereocenters. The molecule has 1 aromatic rings. The van der Waals surface area contributed by atoms with E-state index in [1.54, 1.807) is 11.8 Å². The molecule has 5 heteroatoms. The van der Waals surface area contributed by atoms with E-state index in [0.29, 0.717) is 6.54 Å². The summed E-state index contributed by atoms with van der Waals surface area (Å²) in [4.78, 5) is 13.1. The monoisotopic (exact) mass is 272 g/mol. The Morgan fingerprint density at radius 2 is 2.18 bits per heavy atom. The lowest BCUT2D eigenvalue weighted by atomic mass is 10.1. The van der Waals surface area contributed by atoms with Crippen LogP contribution in [0.2, 0.25) is 0 Å². The average molecular weight is 273 g/mol. The smallest absolute Gasteiger partial charge is 0.233 e. The Hall–Kier alpha value is -0.710. The highest BCUT2D eigenvalue weighted by Crippen LogP contribution is 2.36. The maximum absolute atomic E-state index is 11.8. The molecule has 2 rings (SSSR count). The fraction of sp³-hybridized carbons (Fsp3) is 0.417. The molecule has 0 radical (unpaired) electrons. The van der Waals surface area contributed by atoms with Gasteiger partial charge in [-0.1, -0.05) is 18.2 Å². The normalized spacial score (nSPS) is 17.1. The summed E-state index contributed by atoms with van der Waals surface area (Å²) in [5, 5.41) is 6.00. The van der Waals surface area contributed by atoms with Crippen LogP contribution in [0.1, 0.15) is 5.56 Å². The summed E-state index contributed by atoms with van der Waals surface area (Å²) in [6, 6.07) is 8.23. The Morgan fingerprint density at radius 1 is 1.41 bits per heavy atom. The fourth-order valence-electron chi connectivity index (χ4n) is 1.75. The zero-order chi connectivity index (χ0) is 11.4. The molecule has 3 nitrogen and oxygen atoms in total. The molecule has 2 N–H and O–H groups in total. The topological polar surface area (TPSA) is 41.1 Å². The number of carbonyl (C=O) groups excluding carboxylic acids is 1. The summed E-state index contributed by atoms with van der Waals surface area (Å²) >= 11 is 1.67. The minimum Gasteiger partial charge on any atom is -0.354 e. The quantitative estimate of drug-likeness (QED) is 0.816. The highest BCUT2D eigenvalue weighted by Gasteiger charge is 2.27. The molecule has 17 heavy (non-hydrogen) atoms. The molecule has 0 saturated heterocycles. The predicted molar refractivity (Wildman–Crippen MR) is 74.0 cm³/mol. The predicted octanol–water partition coefficient (Wildman–Crippen LogP) is 1.46. The molecule has 1 atom stereocenters. The number of hydrogen-bond donors (Lipinski definition) is 2. The summed E-state index contributed by atoms with van der Waals surface area (Å²) in [5.41, 5.74) is 1.29. The molecule has 0 fully saturated rings. The molecule has 1 aliphatic rings. The fourth-order valence-corrected chi connectivity index (χ4v) is 2.97. The van der Waals surface area contributed by atoms with Crippen LogP contribution in [0.3, 0.4) is 0 Å². The van der Waals surface area contributed by atoms with Gasteiger partial charge in [0.15, 0.2) is 0 Å². The molecule has 1 aromatic carbocycles. The Labute approximate surface area is 112 Å². The summed E-state index contributed by atoms with van der Waals surface area (Å²) in [6.45, 7) is 1.51. The molecule has 1 heterocycles. The summed E-state index contributed by atoms with van der Waals surface area (Å²) in [7, 11) is 1.88. The largest absolute Gasteiger partial charge is 0.354 e. The Bertz CT molecular complexity index is 362. The molecule has 1 aliphatic heterocycles. The summed E-state index contributed by atoms with van der Waals surface area (Å²) < 4.78 is 0. The third kappa shape index (κ3) is 3.63. The number of amides is 1. The number of halogens is 1. The van der Waals surface area contributed by atoms with Crippen molar-refractivity contribution in [2.24, 2.45) is 0 Å². The minimum absolute atomic E-state index is 0. The maximum Gasteiger partial charge on any atom is 0.233 e. The van der Waals surface area contributed by atoms with Gasteiger partial charge in [-0.3, -0.25) is 4.79 Å². The van der Waals surface area contributed by atoms with Crippen LogP contribution in [0.15, 0.2) is 29.2 Å². The van der Waals surface area contributed by atoms with Gasteiger partial charge in [-0.25, -0.2) is 0 Å². The van der Waals surface area contributed by atoms with Crippen LogP contribution in [0.25, 0.3) is 0 Å². The van der Waals surface area contributed by atoms with E-state index in [1.807, 2.05) is 19.2 Å². The zero-order valence-electron chi connectivity index (χ0n) is 9.73. The first-order chi connectivity index (χ1) is 7.81. The van der Waals surface area contributed by atoms with E-state index in [0.717, 1.165) is 13.0 Å². The van der Waals surface area contributed by atoms with Crippen molar-refractivity contribution < 1.29 is 4.79 Å². The highest BCUT2D eigenvalue weighted by molar-refractivity contribution is 8.01. The van der Waals surface area contributed by atoms with Gasteiger partial charge in [0.2, 0.25) is 5.91 Å². The number of hydrogen-bond acceptors (Lipinski definition) is 3. The van der Waals surface area contributed by atoms with Crippen molar-refractivity contribution in [3.8, 4) is 0 Å². The van der Waals surface area contributed by atoms with Crippen LogP contribution in [0.4, 0.5) is 0 Å². The van der Waals surface area contributed by atoms with Crippen LogP contribution in [0, 0.1) is 0 Å². The van der Waals surface area contributed by atoms with Gasteiger partial charge in [0.1, 0.15) is 0 Å². The number of rotatable bonds is 4. The summed E-state index contributed by atoms with van der Waals surface area (Å²) in [5.74, 6) is 0.149. The molecule has 0 saturated carbocycles. The Balaban J connectivity index is 0.00000144. The molecule has 0 aromatic heterocycles. The first-order valence-corrected chi connectivity index (χ1v) is 6.36. The van der Waals surface area contributed by atoms with Crippen molar-refractivity contribution in [2.75, 3.05) is 20.1 Å². The van der Waals surface area contributed by atoms with Gasteiger partial charge >= 0.3 is 0 Å². The van der Waals surface area contributed by atoms with Gasteiger partial charge in [-0.05, 0) is 25.1 Å². The van der Waals surface area contributed by atoms with Crippen molar-refractivity contribution in [2.45, 2.75) is 16.6 Å². The van der Waals surface area contributed by atoms with E-state index in [-0.39, 0.29) is 23.6 Å². The number of carbonyl (C=O) groups is 1. The lowest BCUT2D eigenvalue weighted by Gasteiger charge is -2.09. The molecule has 1 amide bonds. The lowest BCUT2D eigenvalue weighted by molar-refractivity contribution is -0.120. The lowest BCUT2D eigenvalue weighted by Crippen LogP contribution is -2.36. The van der Waals surface area contributed by atoms with Crippen LogP contribution in [-0.4, -0.2) is 31.3 Å². The van der Waals surface area contributed by atoms with Crippen LogP contribution >= 0.6 is 24.2 Å². The second-order valence-corrected chi connectivity index (χ2v) is 5.06. The van der Waals surface area contributed by atoms with Crippen molar-refractivity contribution in [3.63, 3.8) is 0 Å². The Morgan fingerprint density at radius 3 is 2.88 bits per heavy atom. The molecule has 0 spiro atoms. The van der Waals surface area contributed by atoms with Crippen molar-refractivity contribution in [1.82, 2.24) is 10.6 Å². The number of thioether (sulfide) groups is 1. The van der Waals surface area contributed by atoms with E-state index in [9.17, 15) is 4.79 Å². The number of benzene rings is 1. The van der Waals surface area contributed by atoms with Crippen molar-refractivity contribution in [3.05, 3.63) is 29.8 Å². The number of nitrogens with one attached hydrogen (secondary N) is 2. The molecule has 0 aliphatic carbocycles. The minimum atomic E-state index is 0. The Kier molecular flexibility index (Phi) is 5.82. The summed E-state index contributed by atoms with van der Waals surface area (Å²) in [6.07, 6.45) is 0.853. The first-order valence-electron chi connectivity index (χ1n) is 5.48. The number of fused-ring (bicyclic) bond motifs is 1. The van der Waals surface area contributed by atoms with E-state index < -0.39 is 0 Å². The third-order valence-electron chi connectivity index (χ3n) is 2.61. The van der Waals surface area contributed by atoms with Crippen LogP contribution in [0.5, 0.6) is 0 Å². The van der Waals surface area contributed by atoms with Gasteiger partial charge in [0.05, 0.1) is 5.25 Å². The van der Waals surface area contributed by atoms with E-state index in [1.165, 1.54) is 10.5 Å². The highest BCUT2D eigenvalue weighted by atomic mass is 35.5. The third-order valence-corrected chi connectivity index (χ3v) is 3.93. The van der Waals surface area contributed by atoms with Gasteiger partial charge in [-0.2, -0.15) is 0 Å². The van der Waals surface area contributed by atoms with Crippen molar-refractivity contribution in [1.29, 1.82) is 0 Å². The van der Waals surface area contributed by atoms with Gasteiger partial charge in [0.25, 0.3) is 0 Å². The standard InChI is InChI=1S/C12H16N2OS.ClH/c1-13-6-7-14-12(15)11-8-9-4-2-3-5-10(9)16-11;/h2-5,11,13H,6-8H2,1H3,(H,14,15);1H. The second kappa shape index (κ2) is 6.89. The number of likely N-dealkylation sites (N-methyl/N-ethyl adjacent to an activating group) is 1. The first kappa shape index (κ1) is 14.4. The van der Waals surface area contributed by atoms with Crippen molar-refractivity contribution >= 4 is 30.1 Å².